The molecule has 0 spiro atoms. The van der Waals surface area contributed by atoms with E-state index in [9.17, 15) is 9.59 Å². The number of amides is 1. The highest BCUT2D eigenvalue weighted by molar-refractivity contribution is 5.90. The molecule has 0 fully saturated rings. The van der Waals surface area contributed by atoms with Crippen LogP contribution in [0.4, 0.5) is 0 Å². The molecule has 0 saturated carbocycles. The summed E-state index contributed by atoms with van der Waals surface area (Å²) in [4.78, 5) is 23.1. The number of ether oxygens (including phenoxy) is 2. The van der Waals surface area contributed by atoms with Crippen LogP contribution in [0.15, 0.2) is 47.6 Å². The highest BCUT2D eigenvalue weighted by Gasteiger charge is 2.05. The van der Waals surface area contributed by atoms with Gasteiger partial charge in [0.25, 0.3) is 5.91 Å². The summed E-state index contributed by atoms with van der Waals surface area (Å²) in [5.41, 5.74) is 5.69. The zero-order valence-electron chi connectivity index (χ0n) is 14.4. The fourth-order valence-corrected chi connectivity index (χ4v) is 2.14. The van der Waals surface area contributed by atoms with Crippen LogP contribution in [0.5, 0.6) is 5.75 Å². The smallest absolute Gasteiger partial charge is 0.337 e. The van der Waals surface area contributed by atoms with Gasteiger partial charge in [0.2, 0.25) is 0 Å². The Morgan fingerprint density at radius 2 is 1.84 bits per heavy atom. The number of methoxy groups -OCH3 is 1. The molecule has 0 bridgehead atoms. The van der Waals surface area contributed by atoms with E-state index in [0.717, 1.165) is 16.7 Å². The number of hydrogen-bond donors (Lipinski definition) is 1. The van der Waals surface area contributed by atoms with Gasteiger partial charge in [-0.25, -0.2) is 10.2 Å². The number of hydrazone groups is 1. The topological polar surface area (TPSA) is 77.0 Å². The number of carbonyl (C=O) groups excluding carboxylic acids is 2. The molecule has 130 valence electrons. The molecule has 0 radical (unpaired) electrons. The van der Waals surface area contributed by atoms with Crippen molar-refractivity contribution in [1.29, 1.82) is 0 Å². The summed E-state index contributed by atoms with van der Waals surface area (Å²) in [6.45, 7) is 3.80. The Balaban J connectivity index is 1.83. The van der Waals surface area contributed by atoms with Crippen LogP contribution < -0.4 is 10.2 Å². The second kappa shape index (κ2) is 8.63. The second-order valence-electron chi connectivity index (χ2n) is 5.46. The summed E-state index contributed by atoms with van der Waals surface area (Å²) in [5.74, 6) is -0.0918. The lowest BCUT2D eigenvalue weighted by Crippen LogP contribution is -2.24. The van der Waals surface area contributed by atoms with Gasteiger partial charge in [-0.05, 0) is 43.2 Å². The van der Waals surface area contributed by atoms with Crippen LogP contribution in [0.3, 0.4) is 0 Å². The summed E-state index contributed by atoms with van der Waals surface area (Å²) in [6.07, 6.45) is 1.48. The normalized spacial score (nSPS) is 10.5. The third-order valence-corrected chi connectivity index (χ3v) is 3.42. The number of nitrogens with one attached hydrogen (secondary N) is 1. The van der Waals surface area contributed by atoms with Crippen molar-refractivity contribution in [2.24, 2.45) is 5.10 Å². The Morgan fingerprint density at radius 1 is 1.12 bits per heavy atom. The van der Waals surface area contributed by atoms with Gasteiger partial charge in [-0.1, -0.05) is 29.8 Å². The standard InChI is InChI=1S/C19H20N2O4/c1-13-4-9-17(14(2)10-13)25-12-18(22)21-20-11-15-5-7-16(8-6-15)19(23)24-3/h4-11H,12H2,1-3H3,(H,21,22)/b20-11+. The summed E-state index contributed by atoms with van der Waals surface area (Å²) in [5, 5.41) is 3.86. The van der Waals surface area contributed by atoms with Crippen LogP contribution in [-0.4, -0.2) is 31.8 Å². The van der Waals surface area contributed by atoms with E-state index in [1.165, 1.54) is 13.3 Å². The molecule has 0 heterocycles. The summed E-state index contributed by atoms with van der Waals surface area (Å²) in [6, 6.07) is 12.4. The van der Waals surface area contributed by atoms with Crippen molar-refractivity contribution in [2.75, 3.05) is 13.7 Å². The van der Waals surface area contributed by atoms with E-state index >= 15 is 0 Å². The monoisotopic (exact) mass is 340 g/mol. The summed E-state index contributed by atoms with van der Waals surface area (Å²) >= 11 is 0. The van der Waals surface area contributed by atoms with Crippen molar-refractivity contribution in [3.63, 3.8) is 0 Å². The predicted octanol–water partition coefficient (Wildman–Crippen LogP) is 2.62. The van der Waals surface area contributed by atoms with E-state index in [4.69, 9.17) is 4.74 Å². The predicted molar refractivity (Wildman–Crippen MR) is 94.9 cm³/mol. The van der Waals surface area contributed by atoms with Crippen molar-refractivity contribution in [3.05, 3.63) is 64.7 Å². The van der Waals surface area contributed by atoms with Gasteiger partial charge in [0, 0.05) is 0 Å². The Hall–Kier alpha value is -3.15. The van der Waals surface area contributed by atoms with E-state index < -0.39 is 5.97 Å². The van der Waals surface area contributed by atoms with Crippen LogP contribution in [0, 0.1) is 13.8 Å². The Morgan fingerprint density at radius 3 is 2.48 bits per heavy atom. The second-order valence-corrected chi connectivity index (χ2v) is 5.46. The highest BCUT2D eigenvalue weighted by Crippen LogP contribution is 2.18. The largest absolute Gasteiger partial charge is 0.483 e. The maximum absolute atomic E-state index is 11.8. The molecule has 0 aliphatic rings. The van der Waals surface area contributed by atoms with Crippen molar-refractivity contribution in [1.82, 2.24) is 5.43 Å². The van der Waals surface area contributed by atoms with Crippen LogP contribution in [0.25, 0.3) is 0 Å². The molecule has 6 nitrogen and oxygen atoms in total. The van der Waals surface area contributed by atoms with E-state index in [-0.39, 0.29) is 12.5 Å². The van der Waals surface area contributed by atoms with E-state index in [1.54, 1.807) is 24.3 Å². The fraction of sp³-hybridized carbons (Fsp3) is 0.211. The first-order valence-electron chi connectivity index (χ1n) is 7.70. The molecule has 0 atom stereocenters. The third kappa shape index (κ3) is 5.46. The number of carbonyl (C=O) groups is 2. The number of aryl methyl sites for hydroxylation is 2. The van der Waals surface area contributed by atoms with Gasteiger partial charge in [0.15, 0.2) is 6.61 Å². The maximum Gasteiger partial charge on any atom is 0.337 e. The fourth-order valence-electron chi connectivity index (χ4n) is 2.14. The first kappa shape index (κ1) is 18.2. The minimum Gasteiger partial charge on any atom is -0.483 e. The number of benzene rings is 2. The molecule has 0 aromatic heterocycles. The molecule has 2 aromatic carbocycles. The first-order valence-corrected chi connectivity index (χ1v) is 7.70. The SMILES string of the molecule is COC(=O)c1ccc(/C=N/NC(=O)COc2ccc(C)cc2C)cc1. The molecule has 1 amide bonds. The van der Waals surface area contributed by atoms with Crippen LogP contribution in [0.1, 0.15) is 27.0 Å². The van der Waals surface area contributed by atoms with E-state index in [2.05, 4.69) is 15.3 Å². The number of esters is 1. The maximum atomic E-state index is 11.8. The Labute approximate surface area is 146 Å². The van der Waals surface area contributed by atoms with Gasteiger partial charge in [0.05, 0.1) is 18.9 Å². The molecule has 0 aliphatic heterocycles. The van der Waals surface area contributed by atoms with Gasteiger partial charge in [0.1, 0.15) is 5.75 Å². The minimum atomic E-state index is -0.402. The molecule has 1 N–H and O–H groups in total. The van der Waals surface area contributed by atoms with Crippen molar-refractivity contribution < 1.29 is 19.1 Å². The Kier molecular flexibility index (Phi) is 6.28. The number of nitrogens with zero attached hydrogens (tertiary/aromatic N) is 1. The molecule has 25 heavy (non-hydrogen) atoms. The zero-order valence-corrected chi connectivity index (χ0v) is 14.4. The lowest BCUT2D eigenvalue weighted by Gasteiger charge is -2.08. The third-order valence-electron chi connectivity index (χ3n) is 3.42. The average molecular weight is 340 g/mol. The van der Waals surface area contributed by atoms with Crippen LogP contribution in [-0.2, 0) is 9.53 Å². The lowest BCUT2D eigenvalue weighted by atomic mass is 10.1. The number of rotatable bonds is 6. The molecule has 0 unspecified atom stereocenters. The zero-order chi connectivity index (χ0) is 18.2. The average Bonchev–Trinajstić information content (AvgIpc) is 2.61. The van der Waals surface area contributed by atoms with Gasteiger partial charge < -0.3 is 9.47 Å². The first-order chi connectivity index (χ1) is 12.0. The molecule has 2 rings (SSSR count). The highest BCUT2D eigenvalue weighted by atomic mass is 16.5. The van der Waals surface area contributed by atoms with E-state index in [1.807, 2.05) is 32.0 Å². The van der Waals surface area contributed by atoms with Crippen molar-refractivity contribution in [3.8, 4) is 5.75 Å². The van der Waals surface area contributed by atoms with Gasteiger partial charge >= 0.3 is 5.97 Å². The van der Waals surface area contributed by atoms with Crippen LogP contribution >= 0.6 is 0 Å². The molecule has 6 heteroatoms. The minimum absolute atomic E-state index is 0.123. The number of hydrogen-bond acceptors (Lipinski definition) is 5. The lowest BCUT2D eigenvalue weighted by molar-refractivity contribution is -0.123. The molecular weight excluding hydrogens is 320 g/mol. The molecule has 2 aromatic rings. The summed E-state index contributed by atoms with van der Waals surface area (Å²) < 4.78 is 10.1. The van der Waals surface area contributed by atoms with E-state index in [0.29, 0.717) is 11.3 Å². The van der Waals surface area contributed by atoms with Crippen molar-refractivity contribution >= 4 is 18.1 Å². The van der Waals surface area contributed by atoms with Crippen molar-refractivity contribution in [2.45, 2.75) is 13.8 Å². The molecule has 0 aliphatic carbocycles. The quantitative estimate of drug-likeness (QED) is 0.498. The van der Waals surface area contributed by atoms with Gasteiger partial charge in [-0.2, -0.15) is 5.10 Å². The van der Waals surface area contributed by atoms with Crippen LogP contribution in [0.2, 0.25) is 0 Å². The summed E-state index contributed by atoms with van der Waals surface area (Å²) in [7, 11) is 1.33. The molecule has 0 saturated heterocycles. The van der Waals surface area contributed by atoms with Gasteiger partial charge in [-0.15, -0.1) is 0 Å². The Bertz CT molecular complexity index is 783. The molecular formula is C19H20N2O4. The van der Waals surface area contributed by atoms with Gasteiger partial charge in [-0.3, -0.25) is 4.79 Å².